The van der Waals surface area contributed by atoms with Gasteiger partial charge in [-0.05, 0) is 44.5 Å². The van der Waals surface area contributed by atoms with Gasteiger partial charge in [-0.15, -0.1) is 5.10 Å². The fourth-order valence-electron chi connectivity index (χ4n) is 1.35. The monoisotopic (exact) mass is 241 g/mol. The van der Waals surface area contributed by atoms with Gasteiger partial charge in [0.1, 0.15) is 4.88 Å². The predicted octanol–water partition coefficient (Wildman–Crippen LogP) is 2.21. The number of hydrogen-bond donors (Lipinski definition) is 1. The van der Waals surface area contributed by atoms with Gasteiger partial charge in [-0.2, -0.15) is 5.10 Å². The Hall–Kier alpha value is -1.08. The first-order chi connectivity index (χ1) is 7.00. The summed E-state index contributed by atoms with van der Waals surface area (Å²) in [6.45, 7) is 6.24. The molecule has 80 valence electrons. The van der Waals surface area contributed by atoms with Crippen molar-refractivity contribution < 1.29 is 0 Å². The maximum Gasteiger partial charge on any atom is 0.195 e. The van der Waals surface area contributed by atoms with Gasteiger partial charge in [-0.1, -0.05) is 4.49 Å². The third-order valence-corrected chi connectivity index (χ3v) is 2.86. The summed E-state index contributed by atoms with van der Waals surface area (Å²) in [5.41, 5.74) is -0.108. The Balaban J connectivity index is 2.65. The van der Waals surface area contributed by atoms with Crippen molar-refractivity contribution in [3.05, 3.63) is 11.0 Å². The van der Waals surface area contributed by atoms with E-state index >= 15 is 0 Å². The Labute approximate surface area is 96.3 Å². The van der Waals surface area contributed by atoms with E-state index in [4.69, 9.17) is 12.2 Å². The highest BCUT2D eigenvalue weighted by atomic mass is 32.1. The van der Waals surface area contributed by atoms with E-state index in [1.807, 2.05) is 4.57 Å². The van der Waals surface area contributed by atoms with E-state index in [9.17, 15) is 0 Å². The smallest absolute Gasteiger partial charge is 0.195 e. The molecule has 0 aliphatic carbocycles. The Morgan fingerprint density at radius 1 is 1.47 bits per heavy atom. The largest absolute Gasteiger partial charge is 0.294 e. The second kappa shape index (κ2) is 3.49. The predicted molar refractivity (Wildman–Crippen MR) is 61.3 cm³/mol. The van der Waals surface area contributed by atoms with E-state index in [0.717, 1.165) is 10.7 Å². The Morgan fingerprint density at radius 3 is 2.73 bits per heavy atom. The summed E-state index contributed by atoms with van der Waals surface area (Å²) < 4.78 is 6.41. The van der Waals surface area contributed by atoms with Crippen LogP contribution in [0.3, 0.4) is 0 Å². The molecule has 0 unspecified atom stereocenters. The summed E-state index contributed by atoms with van der Waals surface area (Å²) in [4.78, 5) is 0.914. The first kappa shape index (κ1) is 10.4. The van der Waals surface area contributed by atoms with Gasteiger partial charge < -0.3 is 0 Å². The minimum absolute atomic E-state index is 0.108. The minimum atomic E-state index is -0.108. The normalized spacial score (nSPS) is 11.9. The van der Waals surface area contributed by atoms with Gasteiger partial charge in [0, 0.05) is 5.54 Å². The molecule has 2 heterocycles. The number of aromatic nitrogens is 5. The summed E-state index contributed by atoms with van der Waals surface area (Å²) in [7, 11) is 0. The molecule has 1 N–H and O–H groups in total. The average Bonchev–Trinajstić information content (AvgIpc) is 2.68. The van der Waals surface area contributed by atoms with Crippen molar-refractivity contribution in [2.24, 2.45) is 0 Å². The molecule has 0 aliphatic heterocycles. The van der Waals surface area contributed by atoms with E-state index in [1.165, 1.54) is 11.5 Å². The van der Waals surface area contributed by atoms with Crippen molar-refractivity contribution in [3.8, 4) is 10.7 Å². The quantitative estimate of drug-likeness (QED) is 0.778. The highest BCUT2D eigenvalue weighted by Gasteiger charge is 2.21. The van der Waals surface area contributed by atoms with Crippen molar-refractivity contribution in [1.29, 1.82) is 0 Å². The summed E-state index contributed by atoms with van der Waals surface area (Å²) in [5, 5.41) is 10.8. The third kappa shape index (κ3) is 1.84. The molecule has 0 saturated heterocycles. The van der Waals surface area contributed by atoms with Crippen molar-refractivity contribution >= 4 is 23.8 Å². The van der Waals surface area contributed by atoms with Crippen LogP contribution in [0.2, 0.25) is 0 Å². The first-order valence-electron chi connectivity index (χ1n) is 4.46. The SMILES string of the molecule is CC(C)(C)n1c(-c2cnns2)n[nH]c1=S. The third-order valence-electron chi connectivity index (χ3n) is 1.92. The van der Waals surface area contributed by atoms with E-state index in [0.29, 0.717) is 4.77 Å². The van der Waals surface area contributed by atoms with Crippen LogP contribution >= 0.6 is 23.8 Å². The number of hydrogen-bond acceptors (Lipinski definition) is 5. The highest BCUT2D eigenvalue weighted by molar-refractivity contribution is 7.71. The van der Waals surface area contributed by atoms with Crippen LogP contribution in [0.25, 0.3) is 10.7 Å². The molecule has 5 nitrogen and oxygen atoms in total. The molecule has 15 heavy (non-hydrogen) atoms. The number of aromatic amines is 1. The molecule has 0 saturated carbocycles. The second-order valence-corrected chi connectivity index (χ2v) is 5.31. The maximum absolute atomic E-state index is 5.20. The Kier molecular flexibility index (Phi) is 2.43. The molecule has 0 spiro atoms. The van der Waals surface area contributed by atoms with Gasteiger partial charge in [-0.3, -0.25) is 9.67 Å². The summed E-state index contributed by atoms with van der Waals surface area (Å²) in [5.74, 6) is 0.794. The van der Waals surface area contributed by atoms with E-state index < -0.39 is 0 Å². The molecule has 2 aromatic heterocycles. The number of rotatable bonds is 1. The highest BCUT2D eigenvalue weighted by Crippen LogP contribution is 2.25. The molecule has 2 rings (SSSR count). The summed E-state index contributed by atoms with van der Waals surface area (Å²) in [6, 6.07) is 0. The van der Waals surface area contributed by atoms with Crippen LogP contribution in [-0.4, -0.2) is 24.4 Å². The van der Waals surface area contributed by atoms with E-state index in [-0.39, 0.29) is 5.54 Å². The molecule has 2 aromatic rings. The van der Waals surface area contributed by atoms with E-state index in [2.05, 4.69) is 40.6 Å². The number of H-pyrrole nitrogens is 1. The van der Waals surface area contributed by atoms with Gasteiger partial charge >= 0.3 is 0 Å². The molecular weight excluding hydrogens is 230 g/mol. The fourth-order valence-corrected chi connectivity index (χ4v) is 2.25. The topological polar surface area (TPSA) is 59.4 Å². The Bertz CT molecular complexity index is 502. The van der Waals surface area contributed by atoms with Crippen molar-refractivity contribution in [3.63, 3.8) is 0 Å². The minimum Gasteiger partial charge on any atom is -0.294 e. The average molecular weight is 241 g/mol. The summed E-state index contributed by atoms with van der Waals surface area (Å²) >= 11 is 6.51. The van der Waals surface area contributed by atoms with Gasteiger partial charge in [0.25, 0.3) is 0 Å². The van der Waals surface area contributed by atoms with Gasteiger partial charge in [0.05, 0.1) is 6.20 Å². The number of nitrogens with zero attached hydrogens (tertiary/aromatic N) is 4. The van der Waals surface area contributed by atoms with Gasteiger partial charge in [-0.25, -0.2) is 0 Å². The fraction of sp³-hybridized carbons (Fsp3) is 0.500. The van der Waals surface area contributed by atoms with Crippen LogP contribution in [0.1, 0.15) is 20.8 Å². The molecular formula is C8H11N5S2. The van der Waals surface area contributed by atoms with Crippen LogP contribution in [0, 0.1) is 4.77 Å². The molecule has 0 radical (unpaired) electrons. The number of nitrogens with one attached hydrogen (secondary N) is 1. The lowest BCUT2D eigenvalue weighted by atomic mass is 10.1. The van der Waals surface area contributed by atoms with Crippen LogP contribution in [0.4, 0.5) is 0 Å². The lowest BCUT2D eigenvalue weighted by Crippen LogP contribution is -2.22. The molecule has 0 aliphatic rings. The van der Waals surface area contributed by atoms with Crippen LogP contribution in [0.5, 0.6) is 0 Å². The standard InChI is InChI=1S/C8H11N5S2/c1-8(2,3)13-6(10-11-7(13)14)5-4-9-12-15-5/h4H,1-3H3,(H,11,14). The zero-order valence-corrected chi connectivity index (χ0v) is 10.3. The van der Waals surface area contributed by atoms with Crippen LogP contribution in [-0.2, 0) is 5.54 Å². The zero-order valence-electron chi connectivity index (χ0n) is 8.68. The van der Waals surface area contributed by atoms with Crippen LogP contribution < -0.4 is 0 Å². The van der Waals surface area contributed by atoms with Crippen LogP contribution in [0.15, 0.2) is 6.20 Å². The summed E-state index contributed by atoms with van der Waals surface area (Å²) in [6.07, 6.45) is 1.69. The maximum atomic E-state index is 5.20. The molecule has 0 atom stereocenters. The van der Waals surface area contributed by atoms with Gasteiger partial charge in [0.2, 0.25) is 0 Å². The lowest BCUT2D eigenvalue weighted by Gasteiger charge is -2.21. The lowest BCUT2D eigenvalue weighted by molar-refractivity contribution is 0.396. The molecule has 0 bridgehead atoms. The van der Waals surface area contributed by atoms with Gasteiger partial charge in [0.15, 0.2) is 10.6 Å². The molecule has 0 aromatic carbocycles. The van der Waals surface area contributed by atoms with Crippen molar-refractivity contribution in [1.82, 2.24) is 24.4 Å². The zero-order chi connectivity index (χ0) is 11.1. The molecule has 0 amide bonds. The van der Waals surface area contributed by atoms with E-state index in [1.54, 1.807) is 6.20 Å². The second-order valence-electron chi connectivity index (χ2n) is 4.14. The molecule has 0 fully saturated rings. The molecule has 7 heteroatoms. The van der Waals surface area contributed by atoms with Crippen molar-refractivity contribution in [2.45, 2.75) is 26.3 Å². The van der Waals surface area contributed by atoms with Crippen molar-refractivity contribution in [2.75, 3.05) is 0 Å². The Morgan fingerprint density at radius 2 is 2.20 bits per heavy atom. The first-order valence-corrected chi connectivity index (χ1v) is 5.64.